The van der Waals surface area contributed by atoms with Crippen molar-refractivity contribution in [3.05, 3.63) is 94.2 Å². The fourth-order valence-electron chi connectivity index (χ4n) is 5.26. The van der Waals surface area contributed by atoms with E-state index in [0.717, 1.165) is 11.7 Å². The molecule has 232 valence electrons. The summed E-state index contributed by atoms with van der Waals surface area (Å²) in [6.07, 6.45) is 4.45. The van der Waals surface area contributed by atoms with Gasteiger partial charge in [0.05, 0.1) is 39.6 Å². The van der Waals surface area contributed by atoms with Gasteiger partial charge in [-0.25, -0.2) is 9.78 Å². The standard InChI is InChI=1S/C34H27Cl2N5O5/c1-45-33-20(18-46-34(44)39-16-22-9-11-30(43)40-22)8-10-27(41-33)25-6-2-4-23(31(25)35)24-5-3-7-26(32(24)36)29-13-28-21(15-38-29)12-19(17-42)14-37-28/h2-8,10,12-15,17,22H,9,11,16,18H2,1H3,(H,39,44)(H,40,43). The lowest BCUT2D eigenvalue weighted by Gasteiger charge is -2.15. The molecule has 0 spiro atoms. The van der Waals surface area contributed by atoms with Crippen LogP contribution in [0.3, 0.4) is 0 Å². The number of fused-ring (bicyclic) bond motifs is 1. The first kappa shape index (κ1) is 30.9. The Hall–Kier alpha value is -5.06. The zero-order valence-electron chi connectivity index (χ0n) is 24.6. The summed E-state index contributed by atoms with van der Waals surface area (Å²) in [5.41, 5.74) is 5.67. The van der Waals surface area contributed by atoms with E-state index in [2.05, 4.69) is 25.6 Å². The molecule has 0 bridgehead atoms. The van der Waals surface area contributed by atoms with Crippen LogP contribution in [-0.4, -0.2) is 52.9 Å². The zero-order chi connectivity index (χ0) is 32.2. The maximum atomic E-state index is 12.2. The SMILES string of the molecule is COc1nc(-c2cccc(-c3cccc(-c4cc5ncc(C=O)cc5cn4)c3Cl)c2Cl)ccc1COC(=O)NCC1CCC(=O)N1. The highest BCUT2D eigenvalue weighted by molar-refractivity contribution is 6.39. The third-order valence-electron chi connectivity index (χ3n) is 7.63. The number of amides is 2. The van der Waals surface area contributed by atoms with Gasteiger partial charge in [-0.2, -0.15) is 0 Å². The minimum atomic E-state index is -0.607. The van der Waals surface area contributed by atoms with E-state index >= 15 is 0 Å². The summed E-state index contributed by atoms with van der Waals surface area (Å²) in [5.74, 6) is 0.261. The highest BCUT2D eigenvalue weighted by Crippen LogP contribution is 2.42. The van der Waals surface area contributed by atoms with Crippen LogP contribution in [0.1, 0.15) is 28.8 Å². The number of methoxy groups -OCH3 is 1. The Labute approximate surface area is 274 Å². The number of halogens is 2. The summed E-state index contributed by atoms with van der Waals surface area (Å²) >= 11 is 14.0. The Morgan fingerprint density at radius 3 is 2.37 bits per heavy atom. The molecule has 0 radical (unpaired) electrons. The maximum absolute atomic E-state index is 12.2. The molecular weight excluding hydrogens is 629 g/mol. The van der Waals surface area contributed by atoms with E-state index in [9.17, 15) is 14.4 Å². The molecule has 5 aromatic rings. The average Bonchev–Trinajstić information content (AvgIpc) is 3.51. The van der Waals surface area contributed by atoms with Crippen LogP contribution in [0.4, 0.5) is 4.79 Å². The number of rotatable bonds is 9. The number of hydrogen-bond donors (Lipinski definition) is 2. The minimum absolute atomic E-state index is 0.0223. The lowest BCUT2D eigenvalue weighted by Crippen LogP contribution is -2.38. The first-order valence-corrected chi connectivity index (χ1v) is 15.1. The topological polar surface area (TPSA) is 132 Å². The molecule has 12 heteroatoms. The summed E-state index contributed by atoms with van der Waals surface area (Å²) in [4.78, 5) is 48.3. The number of hydrogen-bond acceptors (Lipinski definition) is 8. The summed E-state index contributed by atoms with van der Waals surface area (Å²) in [5, 5.41) is 7.11. The van der Waals surface area contributed by atoms with Gasteiger partial charge >= 0.3 is 6.09 Å². The molecule has 0 aliphatic carbocycles. The van der Waals surface area contributed by atoms with Crippen molar-refractivity contribution >= 4 is 52.4 Å². The van der Waals surface area contributed by atoms with Gasteiger partial charge in [0, 0.05) is 64.6 Å². The monoisotopic (exact) mass is 655 g/mol. The molecule has 2 N–H and O–H groups in total. The number of nitrogens with one attached hydrogen (secondary N) is 2. The van der Waals surface area contributed by atoms with Gasteiger partial charge in [-0.15, -0.1) is 0 Å². The Morgan fingerprint density at radius 1 is 0.978 bits per heavy atom. The average molecular weight is 657 g/mol. The van der Waals surface area contributed by atoms with Crippen LogP contribution in [0.5, 0.6) is 5.88 Å². The van der Waals surface area contributed by atoms with Crippen molar-refractivity contribution in [3.8, 4) is 39.5 Å². The molecule has 10 nitrogen and oxygen atoms in total. The molecule has 2 aromatic carbocycles. The molecule has 2 amide bonds. The second kappa shape index (κ2) is 13.5. The molecule has 0 saturated carbocycles. The third kappa shape index (κ3) is 6.49. The van der Waals surface area contributed by atoms with Crippen LogP contribution in [0.2, 0.25) is 10.0 Å². The largest absolute Gasteiger partial charge is 0.481 e. The number of ether oxygens (including phenoxy) is 2. The maximum Gasteiger partial charge on any atom is 0.407 e. The van der Waals surface area contributed by atoms with Crippen LogP contribution >= 0.6 is 23.2 Å². The van der Waals surface area contributed by atoms with Crippen molar-refractivity contribution < 1.29 is 23.9 Å². The first-order valence-electron chi connectivity index (χ1n) is 14.4. The van der Waals surface area contributed by atoms with Gasteiger partial charge in [0.15, 0.2) is 6.29 Å². The van der Waals surface area contributed by atoms with Crippen LogP contribution in [0.25, 0.3) is 44.5 Å². The van der Waals surface area contributed by atoms with E-state index in [-0.39, 0.29) is 24.4 Å². The van der Waals surface area contributed by atoms with Gasteiger partial charge in [-0.3, -0.25) is 19.6 Å². The van der Waals surface area contributed by atoms with E-state index < -0.39 is 6.09 Å². The van der Waals surface area contributed by atoms with Crippen LogP contribution in [-0.2, 0) is 16.1 Å². The van der Waals surface area contributed by atoms with Crippen molar-refractivity contribution in [3.63, 3.8) is 0 Å². The first-order chi connectivity index (χ1) is 22.3. The van der Waals surface area contributed by atoms with E-state index in [0.29, 0.717) is 79.7 Å². The van der Waals surface area contributed by atoms with E-state index in [1.807, 2.05) is 42.5 Å². The number of carbonyl (C=O) groups excluding carboxylic acids is 3. The fraction of sp³-hybridized carbons (Fsp3) is 0.176. The highest BCUT2D eigenvalue weighted by Gasteiger charge is 2.22. The Bertz CT molecular complexity index is 1990. The molecule has 3 aromatic heterocycles. The van der Waals surface area contributed by atoms with Crippen molar-refractivity contribution in [2.24, 2.45) is 0 Å². The predicted molar refractivity (Wildman–Crippen MR) is 175 cm³/mol. The van der Waals surface area contributed by atoms with Crippen molar-refractivity contribution in [1.29, 1.82) is 0 Å². The van der Waals surface area contributed by atoms with Crippen molar-refractivity contribution in [1.82, 2.24) is 25.6 Å². The summed E-state index contributed by atoms with van der Waals surface area (Å²) in [6, 6.07) is 18.2. The number of nitrogens with zero attached hydrogens (tertiary/aromatic N) is 3. The number of aldehydes is 1. The fourth-order valence-corrected chi connectivity index (χ4v) is 5.91. The summed E-state index contributed by atoms with van der Waals surface area (Å²) in [7, 11) is 1.49. The molecule has 1 saturated heterocycles. The van der Waals surface area contributed by atoms with Gasteiger partial charge in [0.1, 0.15) is 6.61 Å². The van der Waals surface area contributed by atoms with Crippen LogP contribution in [0, 0.1) is 0 Å². The Balaban J connectivity index is 1.23. The second-order valence-corrected chi connectivity index (χ2v) is 11.4. The molecule has 1 aliphatic rings. The lowest BCUT2D eigenvalue weighted by molar-refractivity contribution is -0.119. The van der Waals surface area contributed by atoms with Crippen molar-refractivity contribution in [2.45, 2.75) is 25.5 Å². The third-order valence-corrected chi connectivity index (χ3v) is 8.45. The number of benzene rings is 2. The van der Waals surface area contributed by atoms with Crippen molar-refractivity contribution in [2.75, 3.05) is 13.7 Å². The second-order valence-electron chi connectivity index (χ2n) is 10.6. The zero-order valence-corrected chi connectivity index (χ0v) is 26.1. The van der Waals surface area contributed by atoms with Gasteiger partial charge in [0.25, 0.3) is 0 Å². The minimum Gasteiger partial charge on any atom is -0.481 e. The van der Waals surface area contributed by atoms with E-state index in [4.69, 9.17) is 32.7 Å². The molecule has 1 aliphatic heterocycles. The lowest BCUT2D eigenvalue weighted by atomic mass is 9.98. The summed E-state index contributed by atoms with van der Waals surface area (Å²) in [6.45, 7) is 0.228. The van der Waals surface area contributed by atoms with Gasteiger partial charge in [-0.1, -0.05) is 59.6 Å². The quantitative estimate of drug-likeness (QED) is 0.169. The van der Waals surface area contributed by atoms with Crippen LogP contribution in [0.15, 0.2) is 73.1 Å². The van der Waals surface area contributed by atoms with E-state index in [1.54, 1.807) is 24.4 Å². The molecule has 46 heavy (non-hydrogen) atoms. The smallest absolute Gasteiger partial charge is 0.407 e. The molecule has 1 atom stereocenters. The normalized spacial score (nSPS) is 14.2. The molecule has 1 unspecified atom stereocenters. The summed E-state index contributed by atoms with van der Waals surface area (Å²) < 4.78 is 10.9. The number of alkyl carbamates (subject to hydrolysis) is 1. The number of pyridine rings is 3. The van der Waals surface area contributed by atoms with Gasteiger partial charge in [0.2, 0.25) is 11.8 Å². The van der Waals surface area contributed by atoms with E-state index in [1.165, 1.54) is 13.3 Å². The van der Waals surface area contributed by atoms with Crippen LogP contribution < -0.4 is 15.4 Å². The predicted octanol–water partition coefficient (Wildman–Crippen LogP) is 6.66. The Kier molecular flexibility index (Phi) is 9.09. The highest BCUT2D eigenvalue weighted by atomic mass is 35.5. The number of carbonyl (C=O) groups is 3. The Morgan fingerprint density at radius 2 is 1.70 bits per heavy atom. The molecule has 1 fully saturated rings. The van der Waals surface area contributed by atoms with Gasteiger partial charge in [-0.05, 0) is 30.7 Å². The molecule has 6 rings (SSSR count). The van der Waals surface area contributed by atoms with Gasteiger partial charge < -0.3 is 20.1 Å². The number of aromatic nitrogens is 3. The molecular formula is C34H27Cl2N5O5. The molecule has 4 heterocycles.